The molecule has 0 fully saturated rings. The third kappa shape index (κ3) is 21.2. The van der Waals surface area contributed by atoms with Crippen LogP contribution in [0.1, 0.15) is 34.3 Å². The van der Waals surface area contributed by atoms with Crippen molar-refractivity contribution in [2.24, 2.45) is 0 Å². The first-order valence-electron chi connectivity index (χ1n) is 12.2. The second-order valence-electron chi connectivity index (χ2n) is 7.63. The van der Waals surface area contributed by atoms with E-state index in [1.54, 1.807) is 62.7 Å². The zero-order valence-electron chi connectivity index (χ0n) is 24.2. The lowest BCUT2D eigenvalue weighted by molar-refractivity contribution is 0.907. The molecule has 0 saturated heterocycles. The Morgan fingerprint density at radius 1 is 0.357 bits per heavy atom. The maximum Gasteiger partial charge on any atom is 0.147 e. The molecule has 6 rings (SSSR count). The minimum Gasteiger partial charge on any atom is -0.261 e. The Hall–Kier alpha value is -5.80. The van der Waals surface area contributed by atoms with Gasteiger partial charge in [-0.3, -0.25) is 9.97 Å². The molecule has 0 aliphatic heterocycles. The van der Waals surface area contributed by atoms with E-state index in [0.29, 0.717) is 5.82 Å². The summed E-state index contributed by atoms with van der Waals surface area (Å²) >= 11 is 0. The van der Waals surface area contributed by atoms with E-state index in [1.807, 2.05) is 34.6 Å². The molecule has 6 aromatic rings. The molecular weight excluding hydrogens is 536 g/mol. The fourth-order valence-corrected chi connectivity index (χ4v) is 1.97. The van der Waals surface area contributed by atoms with Crippen molar-refractivity contribution in [2.45, 2.75) is 41.5 Å². The molecule has 6 aromatic heterocycles. The van der Waals surface area contributed by atoms with Crippen LogP contribution in [0.15, 0.2) is 87.4 Å². The molecule has 42 heavy (non-hydrogen) atoms. The third-order valence-electron chi connectivity index (χ3n) is 3.82. The smallest absolute Gasteiger partial charge is 0.147 e. The van der Waals surface area contributed by atoms with Crippen LogP contribution in [0.3, 0.4) is 0 Å². The molecular formula is C26H32N16. The SMILES string of the molecule is Cc1cnccn1.Cc1cncnc1.Cc1cncnn1.Cc1cnncn1.Cc1nccnn1.Cc1ncncn1. The highest BCUT2D eigenvalue weighted by molar-refractivity contribution is 4.97. The highest BCUT2D eigenvalue weighted by atomic mass is 15.1. The molecule has 0 aliphatic rings. The van der Waals surface area contributed by atoms with Crippen molar-refractivity contribution in [3.63, 3.8) is 0 Å². The molecule has 0 atom stereocenters. The van der Waals surface area contributed by atoms with Crippen molar-refractivity contribution in [3.8, 4) is 0 Å². The largest absolute Gasteiger partial charge is 0.261 e. The molecule has 0 bridgehead atoms. The molecule has 0 radical (unpaired) electrons. The molecule has 16 heteroatoms. The van der Waals surface area contributed by atoms with Gasteiger partial charge in [-0.05, 0) is 47.1 Å². The van der Waals surface area contributed by atoms with Gasteiger partial charge in [0.05, 0.1) is 35.7 Å². The van der Waals surface area contributed by atoms with E-state index < -0.39 is 0 Å². The van der Waals surface area contributed by atoms with E-state index in [4.69, 9.17) is 0 Å². The fraction of sp³-hybridized carbons (Fsp3) is 0.231. The highest BCUT2D eigenvalue weighted by Crippen LogP contribution is 1.84. The van der Waals surface area contributed by atoms with Gasteiger partial charge in [-0.1, -0.05) is 0 Å². The van der Waals surface area contributed by atoms with Gasteiger partial charge in [0, 0.05) is 37.2 Å². The second kappa shape index (κ2) is 23.1. The molecule has 0 unspecified atom stereocenters. The molecule has 0 aromatic carbocycles. The number of nitrogens with zero attached hydrogens (tertiary/aromatic N) is 16. The number of aryl methyl sites for hydroxylation is 6. The molecule has 0 saturated carbocycles. The summed E-state index contributed by atoms with van der Waals surface area (Å²) in [6.45, 7) is 11.2. The summed E-state index contributed by atoms with van der Waals surface area (Å²) in [4.78, 5) is 37.7. The number of rotatable bonds is 0. The van der Waals surface area contributed by atoms with Crippen LogP contribution in [0, 0.1) is 41.5 Å². The molecule has 6 heterocycles. The van der Waals surface area contributed by atoms with E-state index in [9.17, 15) is 0 Å². The van der Waals surface area contributed by atoms with Gasteiger partial charge in [0.1, 0.15) is 43.3 Å². The van der Waals surface area contributed by atoms with Gasteiger partial charge in [0.15, 0.2) is 0 Å². The summed E-state index contributed by atoms with van der Waals surface area (Å²) in [6.07, 6.45) is 22.3. The maximum atomic E-state index is 3.92. The van der Waals surface area contributed by atoms with Crippen molar-refractivity contribution < 1.29 is 0 Å². The number of aromatic nitrogens is 16. The minimum absolute atomic E-state index is 0.711. The zero-order chi connectivity index (χ0) is 30.7. The van der Waals surface area contributed by atoms with E-state index in [2.05, 4.69) is 80.4 Å². The van der Waals surface area contributed by atoms with Crippen LogP contribution in [0.4, 0.5) is 0 Å². The Morgan fingerprint density at radius 2 is 1.02 bits per heavy atom. The Bertz CT molecular complexity index is 1110. The Kier molecular flexibility index (Phi) is 18.8. The minimum atomic E-state index is 0.711. The third-order valence-corrected chi connectivity index (χ3v) is 3.82. The van der Waals surface area contributed by atoms with Crippen LogP contribution in [0.5, 0.6) is 0 Å². The van der Waals surface area contributed by atoms with Crippen LogP contribution in [0.25, 0.3) is 0 Å². The van der Waals surface area contributed by atoms with E-state index in [-0.39, 0.29) is 0 Å². The maximum absolute atomic E-state index is 3.92. The van der Waals surface area contributed by atoms with Gasteiger partial charge in [0.2, 0.25) is 0 Å². The fourth-order valence-electron chi connectivity index (χ4n) is 1.97. The van der Waals surface area contributed by atoms with E-state index in [0.717, 1.165) is 28.5 Å². The summed E-state index contributed by atoms with van der Waals surface area (Å²) < 4.78 is 0. The summed E-state index contributed by atoms with van der Waals surface area (Å²) in [7, 11) is 0. The Labute approximate surface area is 243 Å². The normalized spacial score (nSPS) is 8.71. The summed E-state index contributed by atoms with van der Waals surface area (Å²) in [5.74, 6) is 1.47. The molecule has 216 valence electrons. The van der Waals surface area contributed by atoms with Gasteiger partial charge in [0.25, 0.3) is 0 Å². The topological polar surface area (TPSA) is 206 Å². The average Bonchev–Trinajstić information content (AvgIpc) is 3.01. The monoisotopic (exact) mass is 568 g/mol. The van der Waals surface area contributed by atoms with Crippen LogP contribution >= 0.6 is 0 Å². The lowest BCUT2D eigenvalue weighted by atomic mass is 10.4. The predicted octanol–water partition coefficient (Wildman–Crippen LogP) is 2.29. The first kappa shape index (κ1) is 34.2. The van der Waals surface area contributed by atoms with Crippen molar-refractivity contribution in [1.82, 2.24) is 80.4 Å². The van der Waals surface area contributed by atoms with Crippen molar-refractivity contribution in [1.29, 1.82) is 0 Å². The first-order valence-corrected chi connectivity index (χ1v) is 12.2. The molecule has 0 amide bonds. The van der Waals surface area contributed by atoms with Crippen molar-refractivity contribution in [2.75, 3.05) is 0 Å². The molecule has 0 N–H and O–H groups in total. The summed E-state index contributed by atoms with van der Waals surface area (Å²) in [6, 6.07) is 0. The lowest BCUT2D eigenvalue weighted by Crippen LogP contribution is -1.85. The van der Waals surface area contributed by atoms with Gasteiger partial charge in [-0.15, -0.1) is 15.3 Å². The zero-order valence-corrected chi connectivity index (χ0v) is 24.2. The van der Waals surface area contributed by atoms with Crippen molar-refractivity contribution in [3.05, 3.63) is 122 Å². The van der Waals surface area contributed by atoms with Gasteiger partial charge in [-0.25, -0.2) is 39.9 Å². The molecule has 16 nitrogen and oxygen atoms in total. The quantitative estimate of drug-likeness (QED) is 0.257. The van der Waals surface area contributed by atoms with Gasteiger partial charge >= 0.3 is 0 Å². The second-order valence-corrected chi connectivity index (χ2v) is 7.63. The average molecular weight is 569 g/mol. The standard InChI is InChI=1S/2C5H6N2.4C4H5N3/c1-5-2-6-4-7-3-5;1-5-4-6-2-3-7-5;1-4-6-2-5-3-7-4;1-4-2-6-7-3-5-4;1-4-2-5-3-6-7-4;1-4-5-2-3-6-7-4/h2*2-4H,1H3;4*2-3H,1H3. The number of hydrogen-bond donors (Lipinski definition) is 0. The van der Waals surface area contributed by atoms with Crippen LogP contribution in [-0.2, 0) is 0 Å². The van der Waals surface area contributed by atoms with Crippen LogP contribution in [0.2, 0.25) is 0 Å². The van der Waals surface area contributed by atoms with Crippen LogP contribution < -0.4 is 0 Å². The number of hydrogen-bond acceptors (Lipinski definition) is 16. The first-order chi connectivity index (χ1) is 20.4. The van der Waals surface area contributed by atoms with Gasteiger partial charge in [-0.2, -0.15) is 15.3 Å². The Balaban J connectivity index is 0.000000252. The van der Waals surface area contributed by atoms with E-state index in [1.165, 1.54) is 31.6 Å². The van der Waals surface area contributed by atoms with E-state index >= 15 is 0 Å². The predicted molar refractivity (Wildman–Crippen MR) is 152 cm³/mol. The highest BCUT2D eigenvalue weighted by Gasteiger charge is 1.78. The van der Waals surface area contributed by atoms with Crippen molar-refractivity contribution >= 4 is 0 Å². The molecule has 0 spiro atoms. The van der Waals surface area contributed by atoms with Gasteiger partial charge < -0.3 is 0 Å². The van der Waals surface area contributed by atoms with Crippen LogP contribution in [-0.4, -0.2) is 80.4 Å². The Morgan fingerprint density at radius 3 is 1.31 bits per heavy atom. The lowest BCUT2D eigenvalue weighted by Gasteiger charge is -1.81. The summed E-state index contributed by atoms with van der Waals surface area (Å²) in [5, 5.41) is 21.4. The summed E-state index contributed by atoms with van der Waals surface area (Å²) in [5.41, 5.74) is 3.81. The molecule has 0 aliphatic carbocycles.